The Kier molecular flexibility index (Phi) is 11.3. The molecule has 2 rings (SSSR count). The van der Waals surface area contributed by atoms with E-state index in [9.17, 15) is 0 Å². The molecule has 7 nitrogen and oxygen atoms in total. The summed E-state index contributed by atoms with van der Waals surface area (Å²) in [5.41, 5.74) is 0. The number of hydrogen-bond donors (Lipinski definition) is 2. The van der Waals surface area contributed by atoms with Crippen LogP contribution in [-0.2, 0) is 9.47 Å². The van der Waals surface area contributed by atoms with E-state index >= 15 is 0 Å². The van der Waals surface area contributed by atoms with Crippen LogP contribution in [-0.4, -0.2) is 100 Å². The third-order valence-corrected chi connectivity index (χ3v) is 5.45. The lowest BCUT2D eigenvalue weighted by atomic mass is 10.0. The van der Waals surface area contributed by atoms with Crippen LogP contribution in [0.1, 0.15) is 41.0 Å². The molecule has 0 spiro atoms. The predicted octanol–water partition coefficient (Wildman–Crippen LogP) is 1.65. The van der Waals surface area contributed by atoms with Gasteiger partial charge in [0.15, 0.2) is 5.96 Å². The van der Waals surface area contributed by atoms with Gasteiger partial charge in [0.1, 0.15) is 0 Å². The molecule has 2 unspecified atom stereocenters. The molecule has 0 radical (unpaired) electrons. The van der Waals surface area contributed by atoms with Gasteiger partial charge in [-0.2, -0.15) is 0 Å². The number of ether oxygens (including phenoxy) is 2. The largest absolute Gasteiger partial charge is 0.379 e. The maximum Gasteiger partial charge on any atom is 0.191 e. The smallest absolute Gasteiger partial charge is 0.191 e. The van der Waals surface area contributed by atoms with Crippen molar-refractivity contribution in [3.63, 3.8) is 0 Å². The minimum absolute atomic E-state index is 0.220. The first-order chi connectivity index (χ1) is 14.0. The summed E-state index contributed by atoms with van der Waals surface area (Å²) < 4.78 is 11.5. The fraction of sp³-hybridized carbons (Fsp3) is 0.955. The Labute approximate surface area is 178 Å². The lowest BCUT2D eigenvalue weighted by Crippen LogP contribution is -2.50. The molecule has 2 heterocycles. The second-order valence-electron chi connectivity index (χ2n) is 9.18. The molecule has 2 fully saturated rings. The van der Waals surface area contributed by atoms with Crippen LogP contribution in [0.15, 0.2) is 4.99 Å². The van der Waals surface area contributed by atoms with Crippen LogP contribution in [0.2, 0.25) is 0 Å². The van der Waals surface area contributed by atoms with Gasteiger partial charge in [-0.15, -0.1) is 0 Å². The zero-order chi connectivity index (χ0) is 21.1. The lowest BCUT2D eigenvalue weighted by Gasteiger charge is -2.35. The molecule has 2 saturated heterocycles. The van der Waals surface area contributed by atoms with Crippen molar-refractivity contribution in [2.75, 3.05) is 72.2 Å². The fourth-order valence-corrected chi connectivity index (χ4v) is 4.16. The second kappa shape index (κ2) is 13.4. The van der Waals surface area contributed by atoms with Crippen LogP contribution in [0.25, 0.3) is 0 Å². The van der Waals surface area contributed by atoms with Crippen LogP contribution in [0, 0.1) is 11.8 Å². The zero-order valence-corrected chi connectivity index (χ0v) is 19.5. The highest BCUT2D eigenvalue weighted by Crippen LogP contribution is 2.14. The van der Waals surface area contributed by atoms with Gasteiger partial charge < -0.3 is 20.1 Å². The van der Waals surface area contributed by atoms with Gasteiger partial charge in [0.2, 0.25) is 0 Å². The average molecular weight is 412 g/mol. The summed E-state index contributed by atoms with van der Waals surface area (Å²) >= 11 is 0. The first kappa shape index (κ1) is 24.4. The molecule has 2 atom stereocenters. The lowest BCUT2D eigenvalue weighted by molar-refractivity contribution is -0.0284. The molecule has 170 valence electrons. The summed E-state index contributed by atoms with van der Waals surface area (Å²) in [6.45, 7) is 21.4. The average Bonchev–Trinajstić information content (AvgIpc) is 2.69. The first-order valence-electron chi connectivity index (χ1n) is 11.7. The Morgan fingerprint density at radius 1 is 1.03 bits per heavy atom. The van der Waals surface area contributed by atoms with Crippen LogP contribution in [0.4, 0.5) is 0 Å². The van der Waals surface area contributed by atoms with Crippen LogP contribution in [0.3, 0.4) is 0 Å². The number of nitrogens with one attached hydrogen (secondary N) is 2. The van der Waals surface area contributed by atoms with Gasteiger partial charge in [-0.25, -0.2) is 0 Å². The standard InChI is InChI=1S/C22H45N5O2/c1-6-23-22(25-15-21-17-26(7-12-29-21)16-19(4)5)24-14-20(13-18(2)3)27-8-10-28-11-9-27/h18-21H,6-17H2,1-5H3,(H2,23,24,25). The first-order valence-corrected chi connectivity index (χ1v) is 11.7. The van der Waals surface area contributed by atoms with E-state index in [0.717, 1.165) is 78.1 Å². The normalized spacial score (nSPS) is 23.6. The summed E-state index contributed by atoms with van der Waals surface area (Å²) in [5.74, 6) is 2.26. The molecule has 2 N–H and O–H groups in total. The summed E-state index contributed by atoms with van der Waals surface area (Å²) in [6, 6.07) is 0.474. The van der Waals surface area contributed by atoms with Crippen molar-refractivity contribution in [1.82, 2.24) is 20.4 Å². The summed E-state index contributed by atoms with van der Waals surface area (Å²) in [6.07, 6.45) is 1.38. The second-order valence-corrected chi connectivity index (χ2v) is 9.18. The quantitative estimate of drug-likeness (QED) is 0.421. The minimum Gasteiger partial charge on any atom is -0.379 e. The molecule has 0 bridgehead atoms. The Morgan fingerprint density at radius 3 is 2.45 bits per heavy atom. The van der Waals surface area contributed by atoms with Crippen LogP contribution < -0.4 is 10.6 Å². The molecule has 0 aliphatic carbocycles. The minimum atomic E-state index is 0.220. The fourth-order valence-electron chi connectivity index (χ4n) is 4.16. The molecule has 7 heteroatoms. The summed E-state index contributed by atoms with van der Waals surface area (Å²) in [4.78, 5) is 10.00. The number of rotatable bonds is 10. The highest BCUT2D eigenvalue weighted by atomic mass is 16.5. The summed E-state index contributed by atoms with van der Waals surface area (Å²) in [5, 5.41) is 6.92. The number of hydrogen-bond acceptors (Lipinski definition) is 5. The molecule has 0 saturated carbocycles. The van der Waals surface area contributed by atoms with Crippen molar-refractivity contribution in [3.8, 4) is 0 Å². The highest BCUT2D eigenvalue weighted by molar-refractivity contribution is 5.79. The van der Waals surface area contributed by atoms with Crippen molar-refractivity contribution in [2.45, 2.75) is 53.2 Å². The topological polar surface area (TPSA) is 61.4 Å². The van der Waals surface area contributed by atoms with Crippen molar-refractivity contribution in [1.29, 1.82) is 0 Å². The van der Waals surface area contributed by atoms with Crippen LogP contribution >= 0.6 is 0 Å². The third kappa shape index (κ3) is 9.64. The molecule has 0 aromatic rings. The zero-order valence-electron chi connectivity index (χ0n) is 19.5. The van der Waals surface area contributed by atoms with Gasteiger partial charge in [0, 0.05) is 51.9 Å². The van der Waals surface area contributed by atoms with E-state index in [4.69, 9.17) is 14.5 Å². The van der Waals surface area contributed by atoms with Gasteiger partial charge in [0.05, 0.1) is 32.5 Å². The van der Waals surface area contributed by atoms with E-state index in [1.807, 2.05) is 0 Å². The van der Waals surface area contributed by atoms with E-state index in [1.54, 1.807) is 0 Å². The Balaban J connectivity index is 1.87. The molecule has 0 amide bonds. The Hall–Kier alpha value is -0.890. The van der Waals surface area contributed by atoms with Crippen LogP contribution in [0.5, 0.6) is 0 Å². The van der Waals surface area contributed by atoms with E-state index in [0.29, 0.717) is 17.9 Å². The van der Waals surface area contributed by atoms with Gasteiger partial charge in [-0.3, -0.25) is 14.8 Å². The van der Waals surface area contributed by atoms with E-state index in [2.05, 4.69) is 55.1 Å². The van der Waals surface area contributed by atoms with E-state index in [-0.39, 0.29) is 6.10 Å². The number of morpholine rings is 2. The molecule has 29 heavy (non-hydrogen) atoms. The SMILES string of the molecule is CCNC(=NCC(CC(C)C)N1CCOCC1)NCC1CN(CC(C)C)CCO1. The maximum atomic E-state index is 5.98. The summed E-state index contributed by atoms with van der Waals surface area (Å²) in [7, 11) is 0. The number of aliphatic imine (C=N–C) groups is 1. The Morgan fingerprint density at radius 2 is 1.79 bits per heavy atom. The number of guanidine groups is 1. The van der Waals surface area contributed by atoms with Gasteiger partial charge in [-0.05, 0) is 25.2 Å². The van der Waals surface area contributed by atoms with E-state index in [1.165, 1.54) is 6.42 Å². The van der Waals surface area contributed by atoms with Gasteiger partial charge in [0.25, 0.3) is 0 Å². The van der Waals surface area contributed by atoms with Gasteiger partial charge >= 0.3 is 0 Å². The molecular weight excluding hydrogens is 366 g/mol. The van der Waals surface area contributed by atoms with Crippen molar-refractivity contribution < 1.29 is 9.47 Å². The van der Waals surface area contributed by atoms with Gasteiger partial charge in [-0.1, -0.05) is 27.7 Å². The highest BCUT2D eigenvalue weighted by Gasteiger charge is 2.23. The van der Waals surface area contributed by atoms with Crippen molar-refractivity contribution in [2.24, 2.45) is 16.8 Å². The predicted molar refractivity (Wildman–Crippen MR) is 121 cm³/mol. The number of nitrogens with zero attached hydrogens (tertiary/aromatic N) is 3. The monoisotopic (exact) mass is 411 g/mol. The third-order valence-electron chi connectivity index (χ3n) is 5.45. The Bertz CT molecular complexity index is 466. The van der Waals surface area contributed by atoms with E-state index < -0.39 is 0 Å². The van der Waals surface area contributed by atoms with Crippen molar-refractivity contribution >= 4 is 5.96 Å². The molecule has 0 aromatic heterocycles. The molecule has 0 aromatic carbocycles. The molecule has 2 aliphatic heterocycles. The van der Waals surface area contributed by atoms with Crippen molar-refractivity contribution in [3.05, 3.63) is 0 Å². The molecule has 2 aliphatic rings. The maximum absolute atomic E-state index is 5.98. The molecular formula is C22H45N5O2.